The molecule has 0 bridgehead atoms. The molecule has 0 aromatic heterocycles. The van der Waals surface area contributed by atoms with E-state index in [9.17, 15) is 8.78 Å². The van der Waals surface area contributed by atoms with Crippen molar-refractivity contribution in [2.75, 3.05) is 0 Å². The molecule has 0 saturated carbocycles. The lowest BCUT2D eigenvalue weighted by Crippen LogP contribution is -1.97. The third-order valence-corrected chi connectivity index (χ3v) is 3.26. The van der Waals surface area contributed by atoms with Crippen LogP contribution in [0.5, 0.6) is 0 Å². The molecular weight excluding hydrogens is 279 g/mol. The summed E-state index contributed by atoms with van der Waals surface area (Å²) in [6.45, 7) is 0.310. The van der Waals surface area contributed by atoms with Crippen LogP contribution in [-0.2, 0) is 6.54 Å². The van der Waals surface area contributed by atoms with E-state index in [2.05, 4.69) is 0 Å². The van der Waals surface area contributed by atoms with Crippen molar-refractivity contribution in [2.45, 2.75) is 6.54 Å². The minimum atomic E-state index is -0.978. The predicted octanol–water partition coefficient (Wildman–Crippen LogP) is 4.40. The van der Waals surface area contributed by atoms with E-state index in [-0.39, 0.29) is 5.02 Å². The van der Waals surface area contributed by atoms with Gasteiger partial charge in [-0.2, -0.15) is 0 Å². The predicted molar refractivity (Wildman–Crippen MR) is 69.7 cm³/mol. The first-order valence-corrected chi connectivity index (χ1v) is 5.92. The molecular formula is C13H9Cl2F2N. The lowest BCUT2D eigenvalue weighted by Gasteiger charge is -2.08. The van der Waals surface area contributed by atoms with E-state index in [4.69, 9.17) is 28.9 Å². The average molecular weight is 288 g/mol. The van der Waals surface area contributed by atoms with Crippen molar-refractivity contribution in [1.82, 2.24) is 0 Å². The Bertz CT molecular complexity index is 600. The summed E-state index contributed by atoms with van der Waals surface area (Å²) < 4.78 is 26.2. The molecule has 0 spiro atoms. The van der Waals surface area contributed by atoms with E-state index in [1.54, 1.807) is 18.2 Å². The second-order valence-electron chi connectivity index (χ2n) is 3.76. The molecule has 0 radical (unpaired) electrons. The molecule has 0 amide bonds. The molecule has 0 fully saturated rings. The number of halogens is 4. The molecule has 1 nitrogen and oxygen atoms in total. The highest BCUT2D eigenvalue weighted by Crippen LogP contribution is 2.32. The van der Waals surface area contributed by atoms with Crippen molar-refractivity contribution >= 4 is 23.2 Å². The second-order valence-corrected chi connectivity index (χ2v) is 4.57. The number of hydrogen-bond donors (Lipinski definition) is 1. The van der Waals surface area contributed by atoms with E-state index < -0.39 is 11.6 Å². The fourth-order valence-electron chi connectivity index (χ4n) is 1.62. The van der Waals surface area contributed by atoms with Crippen LogP contribution in [0.25, 0.3) is 11.1 Å². The molecule has 2 aromatic carbocycles. The third-order valence-electron chi connectivity index (χ3n) is 2.59. The quantitative estimate of drug-likeness (QED) is 0.814. The minimum absolute atomic E-state index is 0.130. The number of rotatable bonds is 2. The summed E-state index contributed by atoms with van der Waals surface area (Å²) in [5.41, 5.74) is 7.27. The Kier molecular flexibility index (Phi) is 3.85. The van der Waals surface area contributed by atoms with E-state index in [1.165, 1.54) is 0 Å². The van der Waals surface area contributed by atoms with Crippen molar-refractivity contribution in [3.8, 4) is 11.1 Å². The van der Waals surface area contributed by atoms with Crippen molar-refractivity contribution in [3.05, 3.63) is 57.6 Å². The fraction of sp³-hybridized carbons (Fsp3) is 0.0769. The monoisotopic (exact) mass is 287 g/mol. The normalized spacial score (nSPS) is 10.7. The Hall–Kier alpha value is -1.16. The largest absolute Gasteiger partial charge is 0.326 e. The molecule has 0 heterocycles. The topological polar surface area (TPSA) is 26.0 Å². The van der Waals surface area contributed by atoms with Gasteiger partial charge in [0.1, 0.15) is 0 Å². The number of nitrogens with two attached hydrogens (primary N) is 1. The van der Waals surface area contributed by atoms with E-state index >= 15 is 0 Å². The maximum absolute atomic E-state index is 13.2. The van der Waals surface area contributed by atoms with Crippen molar-refractivity contribution in [2.24, 2.45) is 5.73 Å². The first kappa shape index (κ1) is 13.3. The van der Waals surface area contributed by atoms with Gasteiger partial charge in [0.15, 0.2) is 11.6 Å². The number of benzene rings is 2. The molecule has 2 aromatic rings. The number of hydrogen-bond acceptors (Lipinski definition) is 1. The van der Waals surface area contributed by atoms with Crippen LogP contribution in [0.3, 0.4) is 0 Å². The highest BCUT2D eigenvalue weighted by atomic mass is 35.5. The molecule has 18 heavy (non-hydrogen) atoms. The molecule has 0 aliphatic rings. The first-order valence-electron chi connectivity index (χ1n) is 5.16. The highest BCUT2D eigenvalue weighted by Gasteiger charge is 2.11. The Morgan fingerprint density at radius 2 is 1.61 bits per heavy atom. The lowest BCUT2D eigenvalue weighted by atomic mass is 10.0. The summed E-state index contributed by atoms with van der Waals surface area (Å²) in [7, 11) is 0. The molecule has 94 valence electrons. The van der Waals surface area contributed by atoms with Crippen LogP contribution in [0.15, 0.2) is 30.3 Å². The summed E-state index contributed by atoms with van der Waals surface area (Å²) in [6.07, 6.45) is 0. The maximum Gasteiger partial charge on any atom is 0.160 e. The Morgan fingerprint density at radius 1 is 0.944 bits per heavy atom. The molecule has 0 saturated heterocycles. The summed E-state index contributed by atoms with van der Waals surface area (Å²) in [4.78, 5) is 0. The van der Waals surface area contributed by atoms with Crippen molar-refractivity contribution in [3.63, 3.8) is 0 Å². The van der Waals surface area contributed by atoms with Crippen molar-refractivity contribution in [1.29, 1.82) is 0 Å². The van der Waals surface area contributed by atoms with Gasteiger partial charge in [0, 0.05) is 17.1 Å². The zero-order valence-electron chi connectivity index (χ0n) is 9.18. The Balaban J connectivity index is 2.55. The summed E-state index contributed by atoms with van der Waals surface area (Å²) >= 11 is 11.9. The van der Waals surface area contributed by atoms with Crippen LogP contribution in [0, 0.1) is 11.6 Å². The van der Waals surface area contributed by atoms with Gasteiger partial charge in [-0.3, -0.25) is 0 Å². The van der Waals surface area contributed by atoms with E-state index in [0.717, 1.165) is 17.7 Å². The SMILES string of the molecule is NCc1ccc(-c2cc(F)c(F)cc2Cl)cc1Cl. The molecule has 0 atom stereocenters. The summed E-state index contributed by atoms with van der Waals surface area (Å²) in [6, 6.07) is 7.06. The van der Waals surface area contributed by atoms with E-state index in [1.807, 2.05) is 0 Å². The standard InChI is InChI=1S/C13H9Cl2F2N/c14-10-3-7(1-2-8(10)6-18)9-4-12(16)13(17)5-11(9)15/h1-5H,6,18H2. The summed E-state index contributed by atoms with van der Waals surface area (Å²) in [5.74, 6) is -1.93. The van der Waals surface area contributed by atoms with Gasteiger partial charge in [0.05, 0.1) is 5.02 Å². The van der Waals surface area contributed by atoms with Crippen molar-refractivity contribution < 1.29 is 8.78 Å². The second kappa shape index (κ2) is 5.22. The van der Waals surface area contributed by atoms with Crippen LogP contribution >= 0.6 is 23.2 Å². The smallest absolute Gasteiger partial charge is 0.160 e. The molecule has 5 heteroatoms. The van der Waals surface area contributed by atoms with Gasteiger partial charge in [-0.1, -0.05) is 35.3 Å². The van der Waals surface area contributed by atoms with Crippen LogP contribution in [0.2, 0.25) is 10.0 Å². The van der Waals surface area contributed by atoms with Crippen LogP contribution in [-0.4, -0.2) is 0 Å². The zero-order valence-corrected chi connectivity index (χ0v) is 10.7. The van der Waals surface area contributed by atoms with Crippen LogP contribution in [0.4, 0.5) is 8.78 Å². The zero-order chi connectivity index (χ0) is 13.3. The fourth-order valence-corrected chi connectivity index (χ4v) is 2.14. The van der Waals surface area contributed by atoms with Crippen LogP contribution < -0.4 is 5.73 Å². The molecule has 0 aliphatic heterocycles. The van der Waals surface area contributed by atoms with Gasteiger partial charge >= 0.3 is 0 Å². The molecule has 0 unspecified atom stereocenters. The van der Waals surface area contributed by atoms with Gasteiger partial charge < -0.3 is 5.73 Å². The van der Waals surface area contributed by atoms with Gasteiger partial charge in [-0.25, -0.2) is 8.78 Å². The molecule has 0 aliphatic carbocycles. The van der Waals surface area contributed by atoms with E-state index in [0.29, 0.717) is 22.7 Å². The highest BCUT2D eigenvalue weighted by molar-refractivity contribution is 6.34. The maximum atomic E-state index is 13.2. The molecule has 2 rings (SSSR count). The third kappa shape index (κ3) is 2.48. The van der Waals surface area contributed by atoms with Gasteiger partial charge in [-0.05, 0) is 29.3 Å². The van der Waals surface area contributed by atoms with Gasteiger partial charge in [-0.15, -0.1) is 0 Å². The minimum Gasteiger partial charge on any atom is -0.326 e. The van der Waals surface area contributed by atoms with Crippen LogP contribution in [0.1, 0.15) is 5.56 Å². The van der Waals surface area contributed by atoms with Gasteiger partial charge in [0.25, 0.3) is 0 Å². The summed E-state index contributed by atoms with van der Waals surface area (Å²) in [5, 5.41) is 0.598. The Labute approximate surface area is 113 Å². The Morgan fingerprint density at radius 3 is 2.22 bits per heavy atom. The first-order chi connectivity index (χ1) is 8.52. The lowest BCUT2D eigenvalue weighted by molar-refractivity contribution is 0.509. The molecule has 2 N–H and O–H groups in total. The van der Waals surface area contributed by atoms with Gasteiger partial charge in [0.2, 0.25) is 0 Å². The average Bonchev–Trinajstić information content (AvgIpc) is 2.33.